The van der Waals surface area contributed by atoms with Crippen LogP contribution in [0.15, 0.2) is 42.5 Å². The number of phosphoric ester groups is 1. The molecule has 1 heterocycles. The van der Waals surface area contributed by atoms with Crippen LogP contribution in [0.3, 0.4) is 0 Å². The predicted octanol–water partition coefficient (Wildman–Crippen LogP) is 3.17. The van der Waals surface area contributed by atoms with E-state index in [1.54, 1.807) is 12.1 Å². The fourth-order valence-electron chi connectivity index (χ4n) is 2.22. The molecular formula is C14H12NO4P. The molecule has 0 saturated carbocycles. The third-order valence-corrected chi connectivity index (χ3v) is 3.46. The largest absolute Gasteiger partial charge is 0.524 e. The number of hydrogen-bond donors (Lipinski definition) is 2. The summed E-state index contributed by atoms with van der Waals surface area (Å²) in [6, 6.07) is 12.8. The average molecular weight is 289 g/mol. The first-order chi connectivity index (χ1) is 9.42. The number of hydrogen-bond acceptors (Lipinski definition) is 3. The van der Waals surface area contributed by atoms with Crippen LogP contribution in [0.1, 0.15) is 5.56 Å². The smallest absolute Gasteiger partial charge is 0.404 e. The fraction of sp³-hybridized carbons (Fsp3) is 0.0714. The summed E-state index contributed by atoms with van der Waals surface area (Å²) in [4.78, 5) is 22.3. The maximum Gasteiger partial charge on any atom is 0.524 e. The summed E-state index contributed by atoms with van der Waals surface area (Å²) in [6.45, 7) is 1.83. The van der Waals surface area contributed by atoms with E-state index in [1.165, 1.54) is 0 Å². The molecule has 0 fully saturated rings. The molecule has 0 unspecified atom stereocenters. The molecule has 0 aliphatic heterocycles. The highest BCUT2D eigenvalue weighted by atomic mass is 31.2. The van der Waals surface area contributed by atoms with Crippen LogP contribution >= 0.6 is 7.82 Å². The lowest BCUT2D eigenvalue weighted by molar-refractivity contribution is 0.283. The molecule has 0 atom stereocenters. The Balaban J connectivity index is 2.24. The molecule has 0 bridgehead atoms. The average Bonchev–Trinajstić information content (AvgIpc) is 2.35. The van der Waals surface area contributed by atoms with Crippen molar-refractivity contribution >= 4 is 29.6 Å². The van der Waals surface area contributed by atoms with Gasteiger partial charge in [-0.25, -0.2) is 9.55 Å². The maximum absolute atomic E-state index is 10.9. The van der Waals surface area contributed by atoms with E-state index in [1.807, 2.05) is 37.3 Å². The zero-order valence-electron chi connectivity index (χ0n) is 10.6. The minimum absolute atomic E-state index is 0.139. The van der Waals surface area contributed by atoms with Crippen LogP contribution < -0.4 is 4.52 Å². The lowest BCUT2D eigenvalue weighted by Gasteiger charge is -2.10. The maximum atomic E-state index is 10.9. The summed E-state index contributed by atoms with van der Waals surface area (Å²) < 4.78 is 15.6. The van der Waals surface area contributed by atoms with Gasteiger partial charge >= 0.3 is 7.82 Å². The van der Waals surface area contributed by atoms with Gasteiger partial charge in [-0.15, -0.1) is 0 Å². The number of pyridine rings is 1. The number of benzene rings is 2. The third kappa shape index (κ3) is 2.51. The van der Waals surface area contributed by atoms with Crippen LogP contribution in [0, 0.1) is 6.92 Å². The second-order valence-corrected chi connectivity index (χ2v) is 5.74. The monoisotopic (exact) mass is 289 g/mol. The number of nitrogens with zero attached hydrogens (tertiary/aromatic N) is 1. The first-order valence-corrected chi connectivity index (χ1v) is 7.51. The molecule has 2 aromatic carbocycles. The molecule has 3 aromatic rings. The second kappa shape index (κ2) is 4.56. The van der Waals surface area contributed by atoms with Crippen LogP contribution in [0.4, 0.5) is 0 Å². The standard InChI is InChI=1S/C14H12NO4P/c1-9-6-12(19-20(16,17)18)8-11-7-10-4-2-3-5-13(10)15-14(9)11/h2-8H,1H3,(H2,16,17,18). The molecule has 2 N–H and O–H groups in total. The summed E-state index contributed by atoms with van der Waals surface area (Å²) in [7, 11) is -4.55. The van der Waals surface area contributed by atoms with Gasteiger partial charge in [0.05, 0.1) is 11.0 Å². The van der Waals surface area contributed by atoms with E-state index in [2.05, 4.69) is 9.51 Å². The first-order valence-electron chi connectivity index (χ1n) is 5.98. The molecule has 0 aliphatic carbocycles. The molecule has 3 rings (SSSR count). The van der Waals surface area contributed by atoms with Crippen LogP contribution in [-0.2, 0) is 4.57 Å². The molecule has 0 aliphatic rings. The van der Waals surface area contributed by atoms with Crippen molar-refractivity contribution in [2.75, 3.05) is 0 Å². The zero-order chi connectivity index (χ0) is 14.3. The van der Waals surface area contributed by atoms with Gasteiger partial charge in [0.15, 0.2) is 0 Å². The highest BCUT2D eigenvalue weighted by Crippen LogP contribution is 2.39. The quantitative estimate of drug-likeness (QED) is 0.559. The first kappa shape index (κ1) is 13.1. The summed E-state index contributed by atoms with van der Waals surface area (Å²) in [5.41, 5.74) is 2.48. The molecule has 6 heteroatoms. The molecule has 0 amide bonds. The SMILES string of the molecule is Cc1cc(OP(=O)(O)O)cc2cc3ccccc3nc12. The molecule has 20 heavy (non-hydrogen) atoms. The highest BCUT2D eigenvalue weighted by Gasteiger charge is 2.17. The van der Waals surface area contributed by atoms with Crippen molar-refractivity contribution in [1.82, 2.24) is 4.98 Å². The number of para-hydroxylation sites is 1. The molecule has 0 radical (unpaired) electrons. The fourth-order valence-corrected chi connectivity index (χ4v) is 2.60. The normalized spacial score (nSPS) is 11.9. The van der Waals surface area contributed by atoms with E-state index in [4.69, 9.17) is 9.79 Å². The summed E-state index contributed by atoms with van der Waals surface area (Å²) in [6.07, 6.45) is 0. The lowest BCUT2D eigenvalue weighted by atomic mass is 10.1. The van der Waals surface area contributed by atoms with Crippen molar-refractivity contribution in [2.24, 2.45) is 0 Å². The van der Waals surface area contributed by atoms with E-state index in [0.29, 0.717) is 0 Å². The van der Waals surface area contributed by atoms with Crippen molar-refractivity contribution in [3.05, 3.63) is 48.0 Å². The third-order valence-electron chi connectivity index (χ3n) is 3.01. The molecule has 1 aromatic heterocycles. The Morgan fingerprint density at radius 1 is 1.10 bits per heavy atom. The van der Waals surface area contributed by atoms with Crippen LogP contribution in [-0.4, -0.2) is 14.8 Å². The Morgan fingerprint density at radius 3 is 2.60 bits per heavy atom. The minimum atomic E-state index is -4.55. The summed E-state index contributed by atoms with van der Waals surface area (Å²) >= 11 is 0. The minimum Gasteiger partial charge on any atom is -0.404 e. The van der Waals surface area contributed by atoms with Gasteiger partial charge in [0.1, 0.15) is 5.75 Å². The molecule has 102 valence electrons. The Kier molecular flexibility index (Phi) is 2.98. The number of rotatable bonds is 2. The Labute approximate surface area is 115 Å². The van der Waals surface area contributed by atoms with Gasteiger partial charge in [0.25, 0.3) is 0 Å². The molecule has 5 nitrogen and oxygen atoms in total. The Hall–Kier alpha value is -1.94. The van der Waals surface area contributed by atoms with E-state index in [-0.39, 0.29) is 5.75 Å². The van der Waals surface area contributed by atoms with E-state index in [0.717, 1.165) is 27.4 Å². The van der Waals surface area contributed by atoms with E-state index in [9.17, 15) is 4.57 Å². The van der Waals surface area contributed by atoms with Crippen LogP contribution in [0.5, 0.6) is 5.75 Å². The predicted molar refractivity (Wildman–Crippen MR) is 76.7 cm³/mol. The van der Waals surface area contributed by atoms with Crippen molar-refractivity contribution in [1.29, 1.82) is 0 Å². The van der Waals surface area contributed by atoms with Crippen molar-refractivity contribution < 1.29 is 18.9 Å². The second-order valence-electron chi connectivity index (χ2n) is 4.57. The van der Waals surface area contributed by atoms with Gasteiger partial charge in [-0.3, -0.25) is 9.79 Å². The number of phosphoric acid groups is 1. The van der Waals surface area contributed by atoms with Gasteiger partial charge in [-0.2, -0.15) is 0 Å². The highest BCUT2D eigenvalue weighted by molar-refractivity contribution is 7.46. The molecular weight excluding hydrogens is 277 g/mol. The topological polar surface area (TPSA) is 79.7 Å². The lowest BCUT2D eigenvalue weighted by Crippen LogP contribution is -1.92. The van der Waals surface area contributed by atoms with Gasteiger partial charge < -0.3 is 4.52 Å². The van der Waals surface area contributed by atoms with Crippen molar-refractivity contribution in [2.45, 2.75) is 6.92 Å². The number of fused-ring (bicyclic) bond motifs is 2. The number of aromatic nitrogens is 1. The zero-order valence-corrected chi connectivity index (χ0v) is 11.5. The molecule has 0 saturated heterocycles. The van der Waals surface area contributed by atoms with Gasteiger partial charge in [-0.1, -0.05) is 18.2 Å². The summed E-state index contributed by atoms with van der Waals surface area (Å²) in [5, 5.41) is 1.75. The van der Waals surface area contributed by atoms with Crippen molar-refractivity contribution in [3.63, 3.8) is 0 Å². The van der Waals surface area contributed by atoms with Gasteiger partial charge in [-0.05, 0) is 36.8 Å². The Morgan fingerprint density at radius 2 is 1.85 bits per heavy atom. The van der Waals surface area contributed by atoms with Crippen LogP contribution in [0.25, 0.3) is 21.8 Å². The van der Waals surface area contributed by atoms with E-state index < -0.39 is 7.82 Å². The van der Waals surface area contributed by atoms with Crippen LogP contribution in [0.2, 0.25) is 0 Å². The van der Waals surface area contributed by atoms with Gasteiger partial charge in [0.2, 0.25) is 0 Å². The van der Waals surface area contributed by atoms with Gasteiger partial charge in [0, 0.05) is 10.8 Å². The summed E-state index contributed by atoms with van der Waals surface area (Å²) in [5.74, 6) is 0.139. The Bertz CT molecular complexity index is 856. The van der Waals surface area contributed by atoms with E-state index >= 15 is 0 Å². The number of aryl methyl sites for hydroxylation is 1. The molecule has 0 spiro atoms. The van der Waals surface area contributed by atoms with Crippen molar-refractivity contribution in [3.8, 4) is 5.75 Å².